The fourth-order valence-electron chi connectivity index (χ4n) is 1.27. The van der Waals surface area contributed by atoms with Crippen molar-refractivity contribution in [1.29, 1.82) is 0 Å². The Morgan fingerprint density at radius 3 is 1.76 bits per heavy atom. The maximum Gasteiger partial charge on any atom is 0.0600 e. The molecule has 0 bridgehead atoms. The number of rotatable bonds is 0. The van der Waals surface area contributed by atoms with Gasteiger partial charge in [0.2, 0.25) is 0 Å². The van der Waals surface area contributed by atoms with Crippen molar-refractivity contribution in [2.24, 2.45) is 0 Å². The van der Waals surface area contributed by atoms with Crippen molar-refractivity contribution in [2.75, 3.05) is 0 Å². The van der Waals surface area contributed by atoms with Crippen LogP contribution in [0.15, 0.2) is 67.3 Å². The first kappa shape index (κ1) is 16.4. The molecule has 108 valence electrons. The van der Waals surface area contributed by atoms with Gasteiger partial charge in [0.25, 0.3) is 0 Å². The van der Waals surface area contributed by atoms with Gasteiger partial charge in [-0.3, -0.25) is 9.97 Å². The summed E-state index contributed by atoms with van der Waals surface area (Å²) in [7, 11) is 0. The molecule has 21 heavy (non-hydrogen) atoms. The molecule has 0 saturated carbocycles. The lowest BCUT2D eigenvalue weighted by Crippen LogP contribution is -1.79. The molecule has 0 amide bonds. The van der Waals surface area contributed by atoms with Crippen LogP contribution < -0.4 is 0 Å². The first-order chi connectivity index (χ1) is 10.2. The predicted octanol–water partition coefficient (Wildman–Crippen LogP) is 3.57. The first-order valence-corrected chi connectivity index (χ1v) is 6.67. The summed E-state index contributed by atoms with van der Waals surface area (Å²) in [5, 5.41) is 7.36. The van der Waals surface area contributed by atoms with Gasteiger partial charge < -0.3 is 0 Å². The number of hydrogen-bond donors (Lipinski definition) is 0. The van der Waals surface area contributed by atoms with Gasteiger partial charge in [-0.05, 0) is 56.7 Å². The van der Waals surface area contributed by atoms with Crippen LogP contribution in [0.25, 0.3) is 0 Å². The van der Waals surface area contributed by atoms with Gasteiger partial charge in [-0.15, -0.1) is 0 Å². The summed E-state index contributed by atoms with van der Waals surface area (Å²) in [4.78, 5) is 7.86. The highest BCUT2D eigenvalue weighted by Gasteiger charge is 1.75. The molecule has 3 aromatic rings. The van der Waals surface area contributed by atoms with Crippen LogP contribution in [0.2, 0.25) is 0 Å². The Hall–Kier alpha value is -2.62. The van der Waals surface area contributed by atoms with Gasteiger partial charge in [-0.1, -0.05) is 12.1 Å². The molecular formula is C17H20N4. The van der Waals surface area contributed by atoms with Crippen LogP contribution in [-0.2, 0) is 0 Å². The van der Waals surface area contributed by atoms with E-state index in [2.05, 4.69) is 20.2 Å². The first-order valence-electron chi connectivity index (χ1n) is 6.67. The lowest BCUT2D eigenvalue weighted by Gasteiger charge is -1.82. The lowest BCUT2D eigenvalue weighted by molar-refractivity contribution is 0.980. The number of pyridine rings is 2. The molecule has 0 spiro atoms. The SMILES string of the molecule is Cc1ccccn1.Cc1cccnc1.Cc1cccnn1. The second-order valence-electron chi connectivity index (χ2n) is 4.37. The van der Waals surface area contributed by atoms with Gasteiger partial charge in [-0.25, -0.2) is 0 Å². The van der Waals surface area contributed by atoms with E-state index in [1.807, 2.05) is 69.4 Å². The van der Waals surface area contributed by atoms with Crippen molar-refractivity contribution in [2.45, 2.75) is 20.8 Å². The Bertz CT molecular complexity index is 494. The van der Waals surface area contributed by atoms with Gasteiger partial charge in [0, 0.05) is 30.5 Å². The van der Waals surface area contributed by atoms with E-state index in [-0.39, 0.29) is 0 Å². The van der Waals surface area contributed by atoms with Crippen molar-refractivity contribution in [3.63, 3.8) is 0 Å². The van der Waals surface area contributed by atoms with Crippen LogP contribution in [0.5, 0.6) is 0 Å². The van der Waals surface area contributed by atoms with E-state index in [1.54, 1.807) is 18.6 Å². The zero-order valence-electron chi connectivity index (χ0n) is 12.6. The fourth-order valence-corrected chi connectivity index (χ4v) is 1.27. The average Bonchev–Trinajstić information content (AvgIpc) is 2.51. The third-order valence-electron chi connectivity index (χ3n) is 2.33. The summed E-state index contributed by atoms with van der Waals surface area (Å²) in [5.41, 5.74) is 3.24. The van der Waals surface area contributed by atoms with Crippen LogP contribution in [-0.4, -0.2) is 20.2 Å². The lowest BCUT2D eigenvalue weighted by atomic mass is 10.3. The van der Waals surface area contributed by atoms with Crippen LogP contribution in [0.4, 0.5) is 0 Å². The van der Waals surface area contributed by atoms with Crippen LogP contribution in [0.1, 0.15) is 17.0 Å². The number of aromatic nitrogens is 4. The van der Waals surface area contributed by atoms with E-state index in [0.29, 0.717) is 0 Å². The van der Waals surface area contributed by atoms with Crippen LogP contribution >= 0.6 is 0 Å². The molecule has 0 atom stereocenters. The van der Waals surface area contributed by atoms with E-state index in [1.165, 1.54) is 5.56 Å². The molecule has 0 unspecified atom stereocenters. The minimum absolute atomic E-state index is 0.961. The summed E-state index contributed by atoms with van der Waals surface area (Å²) in [6.07, 6.45) is 7.05. The molecule has 0 fully saturated rings. The second-order valence-corrected chi connectivity index (χ2v) is 4.37. The van der Waals surface area contributed by atoms with Crippen molar-refractivity contribution < 1.29 is 0 Å². The Balaban J connectivity index is 0.000000157. The summed E-state index contributed by atoms with van der Waals surface area (Å²) in [6, 6.07) is 13.6. The summed E-state index contributed by atoms with van der Waals surface area (Å²) in [6.45, 7) is 5.90. The molecular weight excluding hydrogens is 260 g/mol. The standard InChI is InChI=1S/2C6H7N.C5H6N2/c1-6-3-2-4-7-5-6;1-6-4-2-3-5-7-6;1-5-3-2-4-6-7-5/h2*2-5H,1H3;2-4H,1H3. The molecule has 0 saturated heterocycles. The third kappa shape index (κ3) is 8.99. The highest BCUT2D eigenvalue weighted by Crippen LogP contribution is 1.88. The van der Waals surface area contributed by atoms with Crippen molar-refractivity contribution in [3.8, 4) is 0 Å². The summed E-state index contributed by atoms with van der Waals surface area (Å²) in [5.74, 6) is 0. The number of nitrogens with zero attached hydrogens (tertiary/aromatic N) is 4. The predicted molar refractivity (Wildman–Crippen MR) is 84.7 cm³/mol. The minimum atomic E-state index is 0.961. The van der Waals surface area contributed by atoms with Crippen molar-refractivity contribution in [1.82, 2.24) is 20.2 Å². The summed E-state index contributed by atoms with van der Waals surface area (Å²) < 4.78 is 0. The molecule has 0 aliphatic carbocycles. The molecule has 4 heteroatoms. The minimum Gasteiger partial charge on any atom is -0.264 e. The molecule has 4 nitrogen and oxygen atoms in total. The van der Waals surface area contributed by atoms with Gasteiger partial charge in [0.05, 0.1) is 5.69 Å². The van der Waals surface area contributed by atoms with Crippen molar-refractivity contribution in [3.05, 3.63) is 84.2 Å². The molecule has 0 aliphatic heterocycles. The Labute approximate surface area is 125 Å². The monoisotopic (exact) mass is 280 g/mol. The maximum absolute atomic E-state index is 3.98. The summed E-state index contributed by atoms with van der Waals surface area (Å²) >= 11 is 0. The molecule has 0 N–H and O–H groups in total. The van der Waals surface area contributed by atoms with Crippen LogP contribution in [0, 0.1) is 20.8 Å². The largest absolute Gasteiger partial charge is 0.264 e. The van der Waals surface area contributed by atoms with E-state index in [0.717, 1.165) is 11.4 Å². The van der Waals surface area contributed by atoms with Gasteiger partial charge >= 0.3 is 0 Å². The Morgan fingerprint density at radius 2 is 1.48 bits per heavy atom. The normalized spacial score (nSPS) is 8.71. The zero-order valence-corrected chi connectivity index (χ0v) is 12.6. The molecule has 0 aromatic carbocycles. The third-order valence-corrected chi connectivity index (χ3v) is 2.33. The van der Waals surface area contributed by atoms with E-state index in [4.69, 9.17) is 0 Å². The van der Waals surface area contributed by atoms with E-state index < -0.39 is 0 Å². The molecule has 0 radical (unpaired) electrons. The molecule has 3 aromatic heterocycles. The molecule has 0 aliphatic rings. The van der Waals surface area contributed by atoms with Gasteiger partial charge in [-0.2, -0.15) is 10.2 Å². The average molecular weight is 280 g/mol. The maximum atomic E-state index is 3.98. The highest BCUT2D eigenvalue weighted by atomic mass is 15.1. The smallest absolute Gasteiger partial charge is 0.0600 e. The Morgan fingerprint density at radius 1 is 0.714 bits per heavy atom. The van der Waals surface area contributed by atoms with E-state index >= 15 is 0 Å². The fraction of sp³-hybridized carbons (Fsp3) is 0.176. The second kappa shape index (κ2) is 10.2. The highest BCUT2D eigenvalue weighted by molar-refractivity contribution is 5.04. The Kier molecular flexibility index (Phi) is 7.98. The molecule has 3 heterocycles. The molecule has 3 rings (SSSR count). The van der Waals surface area contributed by atoms with Crippen LogP contribution in [0.3, 0.4) is 0 Å². The quantitative estimate of drug-likeness (QED) is 0.631. The topological polar surface area (TPSA) is 51.6 Å². The number of hydrogen-bond acceptors (Lipinski definition) is 4. The van der Waals surface area contributed by atoms with Crippen molar-refractivity contribution >= 4 is 0 Å². The van der Waals surface area contributed by atoms with E-state index in [9.17, 15) is 0 Å². The number of aryl methyl sites for hydroxylation is 3. The van der Waals surface area contributed by atoms with Gasteiger partial charge in [0.1, 0.15) is 0 Å². The van der Waals surface area contributed by atoms with Gasteiger partial charge in [0.15, 0.2) is 0 Å². The zero-order chi connectivity index (χ0) is 15.3.